The summed E-state index contributed by atoms with van der Waals surface area (Å²) in [4.78, 5) is 11.7. The predicted octanol–water partition coefficient (Wildman–Crippen LogP) is 3.73. The normalized spacial score (nSPS) is 10.1. The number of anilines is 1. The monoisotopic (exact) mass is 321 g/mol. The molecule has 0 spiro atoms. The second-order valence-electron chi connectivity index (χ2n) is 4.40. The molecule has 0 bridgehead atoms. The molecule has 116 valence electrons. The Kier molecular flexibility index (Phi) is 5.63. The molecule has 0 saturated heterocycles. The zero-order valence-corrected chi connectivity index (χ0v) is 13.0. The number of methoxy groups -OCH3 is 2. The first-order chi connectivity index (χ1) is 10.6. The molecule has 2 aromatic carbocycles. The van der Waals surface area contributed by atoms with Crippen LogP contribution in [0.2, 0.25) is 5.02 Å². The average molecular weight is 322 g/mol. The Hall–Kier alpha value is -2.24. The lowest BCUT2D eigenvalue weighted by atomic mass is 10.2. The van der Waals surface area contributed by atoms with Crippen molar-refractivity contribution in [3.8, 4) is 17.2 Å². The van der Waals surface area contributed by atoms with Crippen molar-refractivity contribution < 1.29 is 19.0 Å². The molecule has 0 unspecified atom stereocenters. The highest BCUT2D eigenvalue weighted by molar-refractivity contribution is 6.31. The molecule has 0 aliphatic carbocycles. The van der Waals surface area contributed by atoms with Crippen LogP contribution >= 0.6 is 11.6 Å². The van der Waals surface area contributed by atoms with Crippen LogP contribution in [0.5, 0.6) is 17.2 Å². The number of hydrogen-bond acceptors (Lipinski definition) is 4. The zero-order chi connectivity index (χ0) is 15.9. The molecule has 0 radical (unpaired) electrons. The van der Waals surface area contributed by atoms with Gasteiger partial charge in [0.2, 0.25) is 5.91 Å². The molecule has 0 atom stereocenters. The minimum absolute atomic E-state index is 0.0471. The van der Waals surface area contributed by atoms with E-state index in [1.165, 1.54) is 7.11 Å². The van der Waals surface area contributed by atoms with Gasteiger partial charge in [-0.05, 0) is 42.5 Å². The molecule has 22 heavy (non-hydrogen) atoms. The van der Waals surface area contributed by atoms with E-state index >= 15 is 0 Å². The summed E-state index contributed by atoms with van der Waals surface area (Å²) in [6.45, 7) is -0.0471. The zero-order valence-electron chi connectivity index (χ0n) is 12.3. The molecule has 0 heterocycles. The van der Waals surface area contributed by atoms with Gasteiger partial charge in [-0.3, -0.25) is 4.79 Å². The molecule has 0 aliphatic heterocycles. The van der Waals surface area contributed by atoms with Crippen molar-refractivity contribution in [1.82, 2.24) is 0 Å². The third-order valence-corrected chi connectivity index (χ3v) is 3.01. The van der Waals surface area contributed by atoms with Gasteiger partial charge in [-0.1, -0.05) is 11.6 Å². The standard InChI is InChI=1S/C16H16ClNO4/c1-20-10-16(19)18-14-9-11(17)3-8-15(14)22-13-6-4-12(21-2)5-7-13/h3-9H,10H2,1-2H3,(H,18,19). The summed E-state index contributed by atoms with van der Waals surface area (Å²) in [6.07, 6.45) is 0. The number of carbonyl (C=O) groups excluding carboxylic acids is 1. The van der Waals surface area contributed by atoms with E-state index in [0.717, 1.165) is 5.75 Å². The topological polar surface area (TPSA) is 56.8 Å². The van der Waals surface area contributed by atoms with E-state index in [1.807, 2.05) is 0 Å². The van der Waals surface area contributed by atoms with Gasteiger partial charge in [0.25, 0.3) is 0 Å². The van der Waals surface area contributed by atoms with Crippen LogP contribution in [0.15, 0.2) is 42.5 Å². The van der Waals surface area contributed by atoms with Gasteiger partial charge in [0.05, 0.1) is 12.8 Å². The summed E-state index contributed by atoms with van der Waals surface area (Å²) >= 11 is 5.97. The van der Waals surface area contributed by atoms with Crippen molar-refractivity contribution in [2.24, 2.45) is 0 Å². The average Bonchev–Trinajstić information content (AvgIpc) is 2.51. The Morgan fingerprint density at radius 3 is 2.41 bits per heavy atom. The maximum Gasteiger partial charge on any atom is 0.250 e. The van der Waals surface area contributed by atoms with Crippen molar-refractivity contribution in [1.29, 1.82) is 0 Å². The van der Waals surface area contributed by atoms with E-state index in [-0.39, 0.29) is 12.5 Å². The van der Waals surface area contributed by atoms with E-state index in [1.54, 1.807) is 49.6 Å². The number of rotatable bonds is 6. The highest BCUT2D eigenvalue weighted by Gasteiger charge is 2.10. The highest BCUT2D eigenvalue weighted by atomic mass is 35.5. The van der Waals surface area contributed by atoms with Crippen molar-refractivity contribution in [2.45, 2.75) is 0 Å². The summed E-state index contributed by atoms with van der Waals surface area (Å²) in [7, 11) is 3.05. The number of nitrogens with one attached hydrogen (secondary N) is 1. The van der Waals surface area contributed by atoms with Crippen LogP contribution in [0.3, 0.4) is 0 Å². The molecule has 1 N–H and O–H groups in total. The molecule has 0 fully saturated rings. The second kappa shape index (κ2) is 7.68. The first-order valence-corrected chi connectivity index (χ1v) is 6.90. The highest BCUT2D eigenvalue weighted by Crippen LogP contribution is 2.32. The molecular weight excluding hydrogens is 306 g/mol. The number of hydrogen-bond donors (Lipinski definition) is 1. The lowest BCUT2D eigenvalue weighted by Crippen LogP contribution is -2.17. The Morgan fingerprint density at radius 1 is 1.09 bits per heavy atom. The van der Waals surface area contributed by atoms with Crippen molar-refractivity contribution in [3.05, 3.63) is 47.5 Å². The summed E-state index contributed by atoms with van der Waals surface area (Å²) < 4.78 is 15.7. The number of halogens is 1. The third-order valence-electron chi connectivity index (χ3n) is 2.78. The van der Waals surface area contributed by atoms with Crippen LogP contribution < -0.4 is 14.8 Å². The Bertz CT molecular complexity index is 643. The molecule has 2 rings (SSSR count). The maximum atomic E-state index is 11.7. The van der Waals surface area contributed by atoms with Gasteiger partial charge in [-0.15, -0.1) is 0 Å². The van der Waals surface area contributed by atoms with Crippen molar-refractivity contribution in [3.63, 3.8) is 0 Å². The lowest BCUT2D eigenvalue weighted by Gasteiger charge is -2.13. The summed E-state index contributed by atoms with van der Waals surface area (Å²) in [5, 5.41) is 3.19. The smallest absolute Gasteiger partial charge is 0.250 e. The third kappa shape index (κ3) is 4.38. The van der Waals surface area contributed by atoms with Crippen LogP contribution in [0, 0.1) is 0 Å². The molecule has 0 aromatic heterocycles. The van der Waals surface area contributed by atoms with E-state index in [9.17, 15) is 4.79 Å². The molecule has 1 amide bonds. The number of amides is 1. The van der Waals surface area contributed by atoms with E-state index < -0.39 is 0 Å². The molecule has 0 aliphatic rings. The van der Waals surface area contributed by atoms with Crippen LogP contribution in [-0.2, 0) is 9.53 Å². The first kappa shape index (κ1) is 16.1. The number of carbonyl (C=O) groups is 1. The van der Waals surface area contributed by atoms with E-state index in [2.05, 4.69) is 5.32 Å². The second-order valence-corrected chi connectivity index (χ2v) is 4.84. The van der Waals surface area contributed by atoms with Crippen LogP contribution in [0.25, 0.3) is 0 Å². The molecule has 2 aromatic rings. The first-order valence-electron chi connectivity index (χ1n) is 6.52. The largest absolute Gasteiger partial charge is 0.497 e. The Labute approximate surface area is 133 Å². The van der Waals surface area contributed by atoms with Gasteiger partial charge in [-0.25, -0.2) is 0 Å². The Morgan fingerprint density at radius 2 is 1.77 bits per heavy atom. The maximum absolute atomic E-state index is 11.7. The minimum Gasteiger partial charge on any atom is -0.497 e. The fourth-order valence-electron chi connectivity index (χ4n) is 1.78. The summed E-state index contributed by atoms with van der Waals surface area (Å²) in [5.74, 6) is 1.55. The van der Waals surface area contributed by atoms with Gasteiger partial charge in [-0.2, -0.15) is 0 Å². The SMILES string of the molecule is COCC(=O)Nc1cc(Cl)ccc1Oc1ccc(OC)cc1. The van der Waals surface area contributed by atoms with E-state index in [0.29, 0.717) is 22.2 Å². The van der Waals surface area contributed by atoms with Gasteiger partial charge in [0.1, 0.15) is 18.1 Å². The number of ether oxygens (including phenoxy) is 3. The fourth-order valence-corrected chi connectivity index (χ4v) is 1.95. The van der Waals surface area contributed by atoms with Crippen LogP contribution in [0.1, 0.15) is 0 Å². The molecule has 0 saturated carbocycles. The van der Waals surface area contributed by atoms with E-state index in [4.69, 9.17) is 25.8 Å². The predicted molar refractivity (Wildman–Crippen MR) is 85.0 cm³/mol. The van der Waals surface area contributed by atoms with Gasteiger partial charge in [0.15, 0.2) is 5.75 Å². The van der Waals surface area contributed by atoms with Crippen LogP contribution in [0.4, 0.5) is 5.69 Å². The molecule has 6 heteroatoms. The van der Waals surface area contributed by atoms with Gasteiger partial charge in [0, 0.05) is 12.1 Å². The van der Waals surface area contributed by atoms with Crippen molar-refractivity contribution >= 4 is 23.2 Å². The Balaban J connectivity index is 2.19. The van der Waals surface area contributed by atoms with Crippen LogP contribution in [-0.4, -0.2) is 26.7 Å². The molecular formula is C16H16ClNO4. The summed E-state index contributed by atoms with van der Waals surface area (Å²) in [6, 6.07) is 12.1. The van der Waals surface area contributed by atoms with Crippen molar-refractivity contribution in [2.75, 3.05) is 26.1 Å². The summed E-state index contributed by atoms with van der Waals surface area (Å²) in [5.41, 5.74) is 0.477. The van der Waals surface area contributed by atoms with Gasteiger partial charge >= 0.3 is 0 Å². The fraction of sp³-hybridized carbons (Fsp3) is 0.188. The quantitative estimate of drug-likeness (QED) is 0.881. The minimum atomic E-state index is -0.288. The number of benzene rings is 2. The molecule has 5 nitrogen and oxygen atoms in total. The lowest BCUT2D eigenvalue weighted by molar-refractivity contribution is -0.119. The van der Waals surface area contributed by atoms with Gasteiger partial charge < -0.3 is 19.5 Å².